The van der Waals surface area contributed by atoms with Crippen LogP contribution in [0, 0.1) is 0 Å². The van der Waals surface area contributed by atoms with Gasteiger partial charge in [0.2, 0.25) is 5.91 Å². The monoisotopic (exact) mass is 601 g/mol. The molecule has 15 heteroatoms. The number of hydrogen-bond donors (Lipinski definition) is 4. The van der Waals surface area contributed by atoms with Crippen molar-refractivity contribution in [3.63, 3.8) is 0 Å². The first-order valence-corrected chi connectivity index (χ1v) is 14.0. The third-order valence-electron chi connectivity index (χ3n) is 7.24. The number of amides is 4. The van der Waals surface area contributed by atoms with Gasteiger partial charge in [-0.2, -0.15) is 0 Å². The van der Waals surface area contributed by atoms with Gasteiger partial charge >= 0.3 is 12.1 Å². The highest BCUT2D eigenvalue weighted by Gasteiger charge is 2.33. The number of ether oxygens (including phenoxy) is 2. The number of carboxylic acid groups (broad SMARTS) is 1. The van der Waals surface area contributed by atoms with Crippen LogP contribution in [0.1, 0.15) is 30.3 Å². The number of nitrogens with one attached hydrogen (secondary N) is 1. The number of pyridine rings is 1. The summed E-state index contributed by atoms with van der Waals surface area (Å²) in [4.78, 5) is 71.2. The second-order valence-electron chi connectivity index (χ2n) is 10.2. The van der Waals surface area contributed by atoms with E-state index in [9.17, 15) is 39.3 Å². The van der Waals surface area contributed by atoms with Crippen molar-refractivity contribution in [3.8, 4) is 5.75 Å². The molecule has 2 aliphatic heterocycles. The second kappa shape index (κ2) is 14.1. The first-order valence-electron chi connectivity index (χ1n) is 14.0. The third kappa shape index (κ3) is 7.87. The first-order chi connectivity index (χ1) is 20.6. The number of aromatic nitrogens is 1. The standard InChI is InChI=1S/C28H35N5O10/c1-2-42-28(41)32-11-9-31(10-12-32)27(40)19(7-8-25(37)38)30-26(39)20-13-23(17-5-3-4-6-18(17)29-20)43-16-24(36)33-14-21(34)22(35)15-33/h3-6,13,19,21-22,34-35H,2,7-12,14-16H2,1H3,(H,30,39)(H,37,38)/t19?,21-,22-/m0/s1. The summed E-state index contributed by atoms with van der Waals surface area (Å²) >= 11 is 0. The Morgan fingerprint density at radius 3 is 2.30 bits per heavy atom. The maximum absolute atomic E-state index is 13.4. The second-order valence-corrected chi connectivity index (χ2v) is 10.2. The fraction of sp³-hybridized carbons (Fsp3) is 0.500. The molecule has 4 amide bonds. The number of carbonyl (C=O) groups excluding carboxylic acids is 4. The van der Waals surface area contributed by atoms with Gasteiger partial charge in [0.05, 0.1) is 24.3 Å². The highest BCUT2D eigenvalue weighted by Crippen LogP contribution is 2.26. The number of carboxylic acids is 1. The molecule has 0 saturated carbocycles. The lowest BCUT2D eigenvalue weighted by Gasteiger charge is -2.35. The Balaban J connectivity index is 1.48. The number of β-amino-alcohol motifs (C(OH)–C–C–N with tert-alkyl or cyclic N) is 2. The molecular weight excluding hydrogens is 566 g/mol. The number of para-hydroxylation sites is 1. The summed E-state index contributed by atoms with van der Waals surface area (Å²) in [5, 5.41) is 31.8. The molecule has 2 aliphatic rings. The number of piperazine rings is 1. The number of benzene rings is 1. The van der Waals surface area contributed by atoms with Crippen LogP contribution in [0.3, 0.4) is 0 Å². The van der Waals surface area contributed by atoms with Crippen LogP contribution >= 0.6 is 0 Å². The van der Waals surface area contributed by atoms with Crippen LogP contribution in [-0.2, 0) is 19.1 Å². The van der Waals surface area contributed by atoms with Crippen molar-refractivity contribution in [2.45, 2.75) is 38.0 Å². The molecule has 0 bridgehead atoms. The molecule has 0 spiro atoms. The molecule has 3 heterocycles. The van der Waals surface area contributed by atoms with E-state index in [0.717, 1.165) is 0 Å². The van der Waals surface area contributed by atoms with E-state index in [1.807, 2.05) is 0 Å². The van der Waals surface area contributed by atoms with Crippen molar-refractivity contribution in [1.29, 1.82) is 0 Å². The molecule has 15 nitrogen and oxygen atoms in total. The van der Waals surface area contributed by atoms with Crippen LogP contribution in [0.25, 0.3) is 10.9 Å². The average molecular weight is 602 g/mol. The van der Waals surface area contributed by atoms with Gasteiger partial charge in [0.15, 0.2) is 6.61 Å². The van der Waals surface area contributed by atoms with Gasteiger partial charge in [-0.05, 0) is 25.5 Å². The number of nitrogens with zero attached hydrogens (tertiary/aromatic N) is 4. The number of fused-ring (bicyclic) bond motifs is 1. The number of aliphatic hydroxyl groups is 2. The fourth-order valence-electron chi connectivity index (χ4n) is 4.89. The lowest BCUT2D eigenvalue weighted by Crippen LogP contribution is -2.56. The summed E-state index contributed by atoms with van der Waals surface area (Å²) in [6.45, 7) is 2.25. The zero-order chi connectivity index (χ0) is 31.1. The van der Waals surface area contributed by atoms with Gasteiger partial charge in [0.25, 0.3) is 11.8 Å². The number of hydrogen-bond acceptors (Lipinski definition) is 10. The number of rotatable bonds is 10. The van der Waals surface area contributed by atoms with Crippen LogP contribution < -0.4 is 10.1 Å². The zero-order valence-electron chi connectivity index (χ0n) is 23.7. The highest BCUT2D eigenvalue weighted by atomic mass is 16.6. The molecule has 0 radical (unpaired) electrons. The predicted octanol–water partition coefficient (Wildman–Crippen LogP) is -0.558. The Morgan fingerprint density at radius 2 is 1.65 bits per heavy atom. The molecule has 2 aromatic rings. The van der Waals surface area contributed by atoms with Crippen LogP contribution in [0.5, 0.6) is 5.75 Å². The Morgan fingerprint density at radius 1 is 1.00 bits per heavy atom. The van der Waals surface area contributed by atoms with Gasteiger partial charge in [-0.15, -0.1) is 0 Å². The summed E-state index contributed by atoms with van der Waals surface area (Å²) in [5.74, 6) is -2.67. The summed E-state index contributed by atoms with van der Waals surface area (Å²) in [5.41, 5.74) is 0.265. The summed E-state index contributed by atoms with van der Waals surface area (Å²) in [6, 6.07) is 6.93. The smallest absolute Gasteiger partial charge is 0.409 e. The maximum Gasteiger partial charge on any atom is 0.409 e. The average Bonchev–Trinajstić information content (AvgIpc) is 3.34. The number of aliphatic hydroxyl groups excluding tert-OH is 2. The molecule has 4 N–H and O–H groups in total. The van der Waals surface area contributed by atoms with E-state index in [-0.39, 0.29) is 70.2 Å². The molecule has 2 fully saturated rings. The van der Waals surface area contributed by atoms with Gasteiger partial charge in [-0.3, -0.25) is 19.2 Å². The molecule has 0 aliphatic carbocycles. The van der Waals surface area contributed by atoms with Crippen molar-refractivity contribution in [3.05, 3.63) is 36.0 Å². The van der Waals surface area contributed by atoms with E-state index in [1.165, 1.54) is 20.8 Å². The van der Waals surface area contributed by atoms with Crippen molar-refractivity contribution >= 4 is 40.7 Å². The highest BCUT2D eigenvalue weighted by molar-refractivity contribution is 5.99. The Hall–Kier alpha value is -4.50. The van der Waals surface area contributed by atoms with E-state index >= 15 is 0 Å². The maximum atomic E-state index is 13.4. The SMILES string of the molecule is CCOC(=O)N1CCN(C(=O)C(CCC(=O)O)NC(=O)c2cc(OCC(=O)N3C[C@H](O)[C@@H](O)C3)c3ccccc3n2)CC1. The van der Waals surface area contributed by atoms with E-state index in [1.54, 1.807) is 31.2 Å². The number of aliphatic carboxylic acids is 1. The minimum absolute atomic E-state index is 0.0300. The lowest BCUT2D eigenvalue weighted by molar-refractivity contribution is -0.138. The van der Waals surface area contributed by atoms with Gasteiger partial charge in [0, 0.05) is 57.1 Å². The molecular formula is C28H35N5O10. The lowest BCUT2D eigenvalue weighted by atomic mass is 10.1. The van der Waals surface area contributed by atoms with E-state index < -0.39 is 54.6 Å². The molecule has 43 heavy (non-hydrogen) atoms. The quantitative estimate of drug-likeness (QED) is 0.272. The van der Waals surface area contributed by atoms with Gasteiger partial charge in [-0.1, -0.05) is 12.1 Å². The first kappa shape index (κ1) is 31.4. The van der Waals surface area contributed by atoms with E-state index in [4.69, 9.17) is 9.47 Å². The summed E-state index contributed by atoms with van der Waals surface area (Å²) < 4.78 is 10.8. The van der Waals surface area contributed by atoms with Crippen LogP contribution in [0.2, 0.25) is 0 Å². The van der Waals surface area contributed by atoms with Gasteiger partial charge in [-0.25, -0.2) is 9.78 Å². The minimum Gasteiger partial charge on any atom is -0.483 e. The molecule has 232 valence electrons. The molecule has 1 aromatic heterocycles. The van der Waals surface area contributed by atoms with Crippen LogP contribution in [0.15, 0.2) is 30.3 Å². The van der Waals surface area contributed by atoms with E-state index in [2.05, 4.69) is 10.3 Å². The van der Waals surface area contributed by atoms with Gasteiger partial charge in [0.1, 0.15) is 17.5 Å². The van der Waals surface area contributed by atoms with Crippen molar-refractivity contribution in [2.75, 3.05) is 52.5 Å². The van der Waals surface area contributed by atoms with Gasteiger partial charge < -0.3 is 44.8 Å². The van der Waals surface area contributed by atoms with Crippen molar-refractivity contribution in [2.24, 2.45) is 0 Å². The molecule has 3 atom stereocenters. The van der Waals surface area contributed by atoms with Crippen molar-refractivity contribution < 1.29 is 48.8 Å². The predicted molar refractivity (Wildman–Crippen MR) is 149 cm³/mol. The fourth-order valence-corrected chi connectivity index (χ4v) is 4.89. The molecule has 1 aromatic carbocycles. The number of likely N-dealkylation sites (tertiary alicyclic amines) is 1. The molecule has 2 saturated heterocycles. The summed E-state index contributed by atoms with van der Waals surface area (Å²) in [6.07, 6.45) is -3.11. The topological polar surface area (TPSA) is 199 Å². The van der Waals surface area contributed by atoms with Crippen LogP contribution in [0.4, 0.5) is 4.79 Å². The van der Waals surface area contributed by atoms with E-state index in [0.29, 0.717) is 10.9 Å². The normalized spacial score (nSPS) is 19.2. The number of carbonyl (C=O) groups is 5. The third-order valence-corrected chi connectivity index (χ3v) is 7.24. The minimum atomic E-state index is -1.18. The molecule has 1 unspecified atom stereocenters. The summed E-state index contributed by atoms with van der Waals surface area (Å²) in [7, 11) is 0. The Bertz CT molecular complexity index is 1350. The van der Waals surface area contributed by atoms with Crippen LogP contribution in [-0.4, -0.2) is 136 Å². The molecule has 4 rings (SSSR count). The van der Waals surface area contributed by atoms with Crippen molar-refractivity contribution in [1.82, 2.24) is 25.0 Å². The largest absolute Gasteiger partial charge is 0.483 e. The Labute approximate surface area is 247 Å². The zero-order valence-corrected chi connectivity index (χ0v) is 23.7. The Kier molecular flexibility index (Phi) is 10.3.